The Balaban J connectivity index is 0.00000162. The van der Waals surface area contributed by atoms with E-state index in [-0.39, 0.29) is 24.9 Å². The summed E-state index contributed by atoms with van der Waals surface area (Å²) < 4.78 is 13.5. The molecule has 1 atom stereocenters. The Hall–Kier alpha value is -1.64. The third kappa shape index (κ3) is 2.78. The predicted molar refractivity (Wildman–Crippen MR) is 66.4 cm³/mol. The standard InChI is InChI=1S/C12H12FN3O.ClH/c13-10-2-1-8(6-14)5-9(10)7-16-4-3-11(15)12(16)17;/h1-2,5,11H,3-4,7,15H2;1H. The van der Waals surface area contributed by atoms with E-state index in [4.69, 9.17) is 11.0 Å². The molecule has 96 valence electrons. The summed E-state index contributed by atoms with van der Waals surface area (Å²) in [6.45, 7) is 0.712. The molecule has 0 aromatic heterocycles. The van der Waals surface area contributed by atoms with E-state index in [1.54, 1.807) is 0 Å². The highest BCUT2D eigenvalue weighted by Crippen LogP contribution is 2.17. The summed E-state index contributed by atoms with van der Waals surface area (Å²) in [5, 5.41) is 8.73. The summed E-state index contributed by atoms with van der Waals surface area (Å²) in [6.07, 6.45) is 0.596. The van der Waals surface area contributed by atoms with Crippen LogP contribution in [0.2, 0.25) is 0 Å². The van der Waals surface area contributed by atoms with E-state index >= 15 is 0 Å². The number of nitriles is 1. The lowest BCUT2D eigenvalue weighted by Gasteiger charge is -2.16. The molecule has 1 aliphatic rings. The minimum Gasteiger partial charge on any atom is -0.337 e. The molecule has 0 bridgehead atoms. The molecule has 2 rings (SSSR count). The van der Waals surface area contributed by atoms with Crippen LogP contribution in [0.5, 0.6) is 0 Å². The number of amides is 1. The second kappa shape index (κ2) is 5.80. The van der Waals surface area contributed by atoms with Gasteiger partial charge >= 0.3 is 0 Å². The quantitative estimate of drug-likeness (QED) is 0.876. The molecule has 18 heavy (non-hydrogen) atoms. The van der Waals surface area contributed by atoms with Gasteiger partial charge in [-0.3, -0.25) is 4.79 Å². The van der Waals surface area contributed by atoms with Gasteiger partial charge in [-0.05, 0) is 24.6 Å². The Bertz CT molecular complexity index is 501. The molecule has 0 radical (unpaired) electrons. The van der Waals surface area contributed by atoms with Crippen molar-refractivity contribution in [1.82, 2.24) is 4.90 Å². The van der Waals surface area contributed by atoms with Crippen molar-refractivity contribution >= 4 is 18.3 Å². The van der Waals surface area contributed by atoms with Crippen LogP contribution in [0.15, 0.2) is 18.2 Å². The first-order valence-corrected chi connectivity index (χ1v) is 5.34. The van der Waals surface area contributed by atoms with Crippen molar-refractivity contribution in [3.8, 4) is 6.07 Å². The van der Waals surface area contributed by atoms with E-state index in [2.05, 4.69) is 0 Å². The molecule has 4 nitrogen and oxygen atoms in total. The molecular weight excluding hydrogens is 257 g/mol. The average Bonchev–Trinajstić information content (AvgIpc) is 2.64. The van der Waals surface area contributed by atoms with Gasteiger partial charge in [-0.2, -0.15) is 5.26 Å². The van der Waals surface area contributed by atoms with Crippen molar-refractivity contribution in [2.75, 3.05) is 6.54 Å². The van der Waals surface area contributed by atoms with Crippen molar-refractivity contribution < 1.29 is 9.18 Å². The van der Waals surface area contributed by atoms with Crippen LogP contribution in [0.4, 0.5) is 4.39 Å². The lowest BCUT2D eigenvalue weighted by atomic mass is 10.1. The third-order valence-corrected chi connectivity index (χ3v) is 2.87. The van der Waals surface area contributed by atoms with Gasteiger partial charge < -0.3 is 10.6 Å². The first-order valence-electron chi connectivity index (χ1n) is 5.34. The Labute approximate surface area is 111 Å². The molecule has 1 fully saturated rings. The maximum absolute atomic E-state index is 13.5. The third-order valence-electron chi connectivity index (χ3n) is 2.87. The van der Waals surface area contributed by atoms with Crippen LogP contribution in [0.3, 0.4) is 0 Å². The first kappa shape index (κ1) is 14.4. The van der Waals surface area contributed by atoms with E-state index in [9.17, 15) is 9.18 Å². The maximum atomic E-state index is 13.5. The highest BCUT2D eigenvalue weighted by molar-refractivity contribution is 5.85. The molecule has 1 aliphatic heterocycles. The van der Waals surface area contributed by atoms with Crippen molar-refractivity contribution in [3.63, 3.8) is 0 Å². The van der Waals surface area contributed by atoms with Gasteiger partial charge in [-0.1, -0.05) is 0 Å². The zero-order valence-corrected chi connectivity index (χ0v) is 10.4. The molecule has 1 aromatic carbocycles. The summed E-state index contributed by atoms with van der Waals surface area (Å²) in [5.74, 6) is -0.566. The minimum absolute atomic E-state index is 0. The fourth-order valence-electron chi connectivity index (χ4n) is 1.89. The van der Waals surface area contributed by atoms with Gasteiger partial charge in [0.05, 0.1) is 17.7 Å². The van der Waals surface area contributed by atoms with Gasteiger partial charge in [0.15, 0.2) is 0 Å². The Kier molecular flexibility index (Phi) is 4.65. The van der Waals surface area contributed by atoms with Crippen LogP contribution in [-0.2, 0) is 11.3 Å². The van der Waals surface area contributed by atoms with Crippen molar-refractivity contribution in [3.05, 3.63) is 35.1 Å². The van der Waals surface area contributed by atoms with Crippen LogP contribution >= 0.6 is 12.4 Å². The monoisotopic (exact) mass is 269 g/mol. The Morgan fingerprint density at radius 2 is 2.28 bits per heavy atom. The van der Waals surface area contributed by atoms with E-state index in [1.165, 1.54) is 23.1 Å². The molecule has 1 heterocycles. The fraction of sp³-hybridized carbons (Fsp3) is 0.333. The molecule has 0 aliphatic carbocycles. The summed E-state index contributed by atoms with van der Waals surface area (Å²) in [7, 11) is 0. The topological polar surface area (TPSA) is 70.1 Å². The first-order chi connectivity index (χ1) is 8.11. The van der Waals surface area contributed by atoms with Gasteiger partial charge in [0, 0.05) is 18.7 Å². The number of carbonyl (C=O) groups excluding carboxylic acids is 1. The van der Waals surface area contributed by atoms with E-state index in [1.807, 2.05) is 6.07 Å². The molecule has 0 saturated carbocycles. The van der Waals surface area contributed by atoms with Crippen LogP contribution in [-0.4, -0.2) is 23.4 Å². The molecule has 1 aromatic rings. The number of hydrogen-bond donors (Lipinski definition) is 1. The molecule has 1 unspecified atom stereocenters. The average molecular weight is 270 g/mol. The van der Waals surface area contributed by atoms with Crippen molar-refractivity contribution in [1.29, 1.82) is 5.26 Å². The SMILES string of the molecule is Cl.N#Cc1ccc(F)c(CN2CCC(N)C2=O)c1. The Morgan fingerprint density at radius 1 is 1.56 bits per heavy atom. The second-order valence-electron chi connectivity index (χ2n) is 4.07. The number of nitrogens with zero attached hydrogens (tertiary/aromatic N) is 2. The minimum atomic E-state index is -0.475. The largest absolute Gasteiger partial charge is 0.337 e. The van der Waals surface area contributed by atoms with Gasteiger partial charge in [0.1, 0.15) is 5.82 Å². The fourth-order valence-corrected chi connectivity index (χ4v) is 1.89. The van der Waals surface area contributed by atoms with Crippen LogP contribution in [0.1, 0.15) is 17.5 Å². The predicted octanol–water partition coefficient (Wildman–Crippen LogP) is 1.18. The molecule has 1 saturated heterocycles. The van der Waals surface area contributed by atoms with Crippen molar-refractivity contribution in [2.45, 2.75) is 19.0 Å². The molecule has 2 N–H and O–H groups in total. The van der Waals surface area contributed by atoms with Gasteiger partial charge in [0.25, 0.3) is 0 Å². The second-order valence-corrected chi connectivity index (χ2v) is 4.07. The van der Waals surface area contributed by atoms with E-state index in [0.29, 0.717) is 24.1 Å². The number of halogens is 2. The maximum Gasteiger partial charge on any atom is 0.239 e. The normalized spacial score (nSPS) is 18.4. The lowest BCUT2D eigenvalue weighted by Crippen LogP contribution is -2.33. The van der Waals surface area contributed by atoms with E-state index < -0.39 is 11.9 Å². The number of nitrogens with two attached hydrogens (primary N) is 1. The van der Waals surface area contributed by atoms with Crippen LogP contribution in [0.25, 0.3) is 0 Å². The summed E-state index contributed by atoms with van der Waals surface area (Å²) >= 11 is 0. The van der Waals surface area contributed by atoms with Crippen LogP contribution in [0, 0.1) is 17.1 Å². The van der Waals surface area contributed by atoms with E-state index in [0.717, 1.165) is 0 Å². The number of likely N-dealkylation sites (tertiary alicyclic amines) is 1. The van der Waals surface area contributed by atoms with Crippen molar-refractivity contribution in [2.24, 2.45) is 5.73 Å². The summed E-state index contributed by atoms with van der Waals surface area (Å²) in [4.78, 5) is 13.1. The smallest absolute Gasteiger partial charge is 0.239 e. The number of rotatable bonds is 2. The number of hydrogen-bond acceptors (Lipinski definition) is 3. The molecule has 1 amide bonds. The zero-order valence-electron chi connectivity index (χ0n) is 9.60. The zero-order chi connectivity index (χ0) is 12.4. The van der Waals surface area contributed by atoms with Crippen LogP contribution < -0.4 is 5.73 Å². The molecular formula is C12H13ClFN3O. The summed E-state index contributed by atoms with van der Waals surface area (Å²) in [6, 6.07) is 5.59. The summed E-state index contributed by atoms with van der Waals surface area (Å²) in [5.41, 5.74) is 6.32. The molecule has 0 spiro atoms. The highest BCUT2D eigenvalue weighted by Gasteiger charge is 2.28. The number of benzene rings is 1. The molecule has 6 heteroatoms. The highest BCUT2D eigenvalue weighted by atomic mass is 35.5. The van der Waals surface area contributed by atoms with Gasteiger partial charge in [-0.25, -0.2) is 4.39 Å². The van der Waals surface area contributed by atoms with Gasteiger partial charge in [0.2, 0.25) is 5.91 Å². The lowest BCUT2D eigenvalue weighted by molar-refractivity contribution is -0.129. The Morgan fingerprint density at radius 3 is 2.83 bits per heavy atom. The number of carbonyl (C=O) groups is 1. The van der Waals surface area contributed by atoms with Gasteiger partial charge in [-0.15, -0.1) is 12.4 Å².